The summed E-state index contributed by atoms with van der Waals surface area (Å²) >= 11 is 12.9. The first-order valence-corrected chi connectivity index (χ1v) is 9.66. The Balaban J connectivity index is 1.81. The molecular formula is C18H19Cl2N9O. The Hall–Kier alpha value is -3.08. The van der Waals surface area contributed by atoms with Gasteiger partial charge in [0.15, 0.2) is 6.29 Å². The number of benzene rings is 2. The summed E-state index contributed by atoms with van der Waals surface area (Å²) in [6.07, 6.45) is 0.465. The van der Waals surface area contributed by atoms with Crippen molar-refractivity contribution in [2.24, 2.45) is 32.0 Å². The predicted octanol–water partition coefficient (Wildman–Crippen LogP) is 4.15. The standard InChI is InChI=1S/C18H19Cl2N9O/c19-13-8-11(24-17(21)25-18(26-22)27-28-23)9-14(20)16(13)10-3-5-12(6-4-10)29-7-1-2-15(29)30/h3-6,8-9,17,22,24H,1-2,7,21H2,(H2,23,25,27). The Morgan fingerprint density at radius 1 is 1.20 bits per heavy atom. The zero-order chi connectivity index (χ0) is 21.7. The van der Waals surface area contributed by atoms with Crippen molar-refractivity contribution < 1.29 is 4.79 Å². The first kappa shape index (κ1) is 21.6. The average Bonchev–Trinajstić information content (AvgIpc) is 3.13. The first-order chi connectivity index (χ1) is 14.4. The third-order valence-corrected chi connectivity index (χ3v) is 5.00. The Labute approximate surface area is 182 Å². The first-order valence-electron chi connectivity index (χ1n) is 8.91. The molecule has 0 bridgehead atoms. The Morgan fingerprint density at radius 2 is 1.87 bits per heavy atom. The fourth-order valence-electron chi connectivity index (χ4n) is 3.12. The molecule has 12 heteroatoms. The average molecular weight is 448 g/mol. The summed E-state index contributed by atoms with van der Waals surface area (Å²) in [5.74, 6) is 4.75. The SMILES string of the molecule is N=NC(N=NN)=NC(N)Nc1cc(Cl)c(-c2ccc(N3CCCC3=O)cc2)c(Cl)c1. The second kappa shape index (κ2) is 9.61. The van der Waals surface area contributed by atoms with Crippen molar-refractivity contribution in [3.05, 3.63) is 46.4 Å². The Kier molecular flexibility index (Phi) is 6.93. The van der Waals surface area contributed by atoms with Crippen LogP contribution in [-0.4, -0.2) is 24.7 Å². The van der Waals surface area contributed by atoms with Crippen LogP contribution >= 0.6 is 23.2 Å². The highest BCUT2D eigenvalue weighted by atomic mass is 35.5. The Bertz CT molecular complexity index is 984. The van der Waals surface area contributed by atoms with E-state index in [4.69, 9.17) is 40.3 Å². The molecule has 0 aromatic heterocycles. The van der Waals surface area contributed by atoms with Gasteiger partial charge in [0.1, 0.15) is 0 Å². The quantitative estimate of drug-likeness (QED) is 0.135. The molecule has 10 nitrogen and oxygen atoms in total. The molecule has 1 atom stereocenters. The lowest BCUT2D eigenvalue weighted by molar-refractivity contribution is -0.117. The minimum Gasteiger partial charge on any atom is -0.352 e. The number of nitrogens with zero attached hydrogens (tertiary/aromatic N) is 5. The molecule has 0 aliphatic carbocycles. The van der Waals surface area contributed by atoms with Crippen molar-refractivity contribution in [2.45, 2.75) is 19.1 Å². The highest BCUT2D eigenvalue weighted by molar-refractivity contribution is 6.39. The maximum atomic E-state index is 11.9. The van der Waals surface area contributed by atoms with E-state index in [0.717, 1.165) is 24.2 Å². The molecule has 0 saturated carbocycles. The lowest BCUT2D eigenvalue weighted by atomic mass is 10.0. The molecule has 1 heterocycles. The van der Waals surface area contributed by atoms with Crippen LogP contribution in [0.5, 0.6) is 0 Å². The van der Waals surface area contributed by atoms with Crippen LogP contribution in [0.1, 0.15) is 12.8 Å². The van der Waals surface area contributed by atoms with Gasteiger partial charge in [-0.25, -0.2) is 10.5 Å². The zero-order valence-electron chi connectivity index (χ0n) is 15.7. The summed E-state index contributed by atoms with van der Waals surface area (Å²) in [6, 6.07) is 10.8. The molecule has 1 unspecified atom stereocenters. The van der Waals surface area contributed by atoms with Crippen LogP contribution in [0.3, 0.4) is 0 Å². The summed E-state index contributed by atoms with van der Waals surface area (Å²) in [5.41, 5.74) is 15.6. The maximum Gasteiger partial charge on any atom is 0.287 e. The third kappa shape index (κ3) is 4.90. The van der Waals surface area contributed by atoms with Gasteiger partial charge in [0.2, 0.25) is 5.91 Å². The van der Waals surface area contributed by atoms with Gasteiger partial charge in [-0.1, -0.05) is 45.7 Å². The van der Waals surface area contributed by atoms with Gasteiger partial charge in [0.25, 0.3) is 5.96 Å². The molecule has 6 N–H and O–H groups in total. The lowest BCUT2D eigenvalue weighted by Gasteiger charge is -2.17. The number of carbonyl (C=O) groups is 1. The van der Waals surface area contributed by atoms with Crippen LogP contribution < -0.4 is 21.8 Å². The van der Waals surface area contributed by atoms with E-state index in [9.17, 15) is 4.79 Å². The van der Waals surface area contributed by atoms with Gasteiger partial charge < -0.3 is 16.1 Å². The topological polar surface area (TPSA) is 158 Å². The van der Waals surface area contributed by atoms with Gasteiger partial charge in [-0.2, -0.15) is 0 Å². The normalized spacial score (nSPS) is 15.6. The number of anilines is 2. The number of rotatable bonds is 5. The number of nitrogens with one attached hydrogen (secondary N) is 2. The summed E-state index contributed by atoms with van der Waals surface area (Å²) in [4.78, 5) is 17.5. The minimum atomic E-state index is -0.977. The molecule has 1 saturated heterocycles. The van der Waals surface area contributed by atoms with Crippen molar-refractivity contribution in [2.75, 3.05) is 16.8 Å². The summed E-state index contributed by atoms with van der Waals surface area (Å²) in [6.45, 7) is 0.727. The fourth-order valence-corrected chi connectivity index (χ4v) is 3.82. The van der Waals surface area contributed by atoms with E-state index in [1.807, 2.05) is 24.3 Å². The molecule has 3 rings (SSSR count). The maximum absolute atomic E-state index is 11.9. The molecule has 2 aromatic carbocycles. The second-order valence-corrected chi connectivity index (χ2v) is 7.17. The predicted molar refractivity (Wildman–Crippen MR) is 117 cm³/mol. The fraction of sp³-hybridized carbons (Fsp3) is 0.222. The van der Waals surface area contributed by atoms with Crippen LogP contribution in [0.4, 0.5) is 11.4 Å². The van der Waals surface area contributed by atoms with Crippen LogP contribution in [0.15, 0.2) is 56.8 Å². The molecule has 0 radical (unpaired) electrons. The van der Waals surface area contributed by atoms with Gasteiger partial charge >= 0.3 is 0 Å². The van der Waals surface area contributed by atoms with Gasteiger partial charge in [-0.15, -0.1) is 5.11 Å². The molecule has 0 spiro atoms. The van der Waals surface area contributed by atoms with Crippen LogP contribution in [0.25, 0.3) is 11.1 Å². The van der Waals surface area contributed by atoms with Gasteiger partial charge in [-0.05, 0) is 36.2 Å². The van der Waals surface area contributed by atoms with E-state index in [2.05, 4.69) is 25.8 Å². The molecule has 1 amide bonds. The van der Waals surface area contributed by atoms with Crippen LogP contribution in [-0.2, 0) is 4.79 Å². The number of hydrogen-bond donors (Lipinski definition) is 4. The number of carbonyl (C=O) groups excluding carboxylic acids is 1. The number of amides is 1. The van der Waals surface area contributed by atoms with E-state index < -0.39 is 6.29 Å². The number of halogens is 2. The highest BCUT2D eigenvalue weighted by Gasteiger charge is 2.21. The van der Waals surface area contributed by atoms with E-state index in [-0.39, 0.29) is 11.9 Å². The molecule has 2 aromatic rings. The van der Waals surface area contributed by atoms with Crippen molar-refractivity contribution >= 4 is 46.4 Å². The zero-order valence-corrected chi connectivity index (χ0v) is 17.2. The van der Waals surface area contributed by atoms with E-state index >= 15 is 0 Å². The molecule has 156 valence electrons. The molecule has 1 aliphatic rings. The minimum absolute atomic E-state index is 0.127. The van der Waals surface area contributed by atoms with E-state index in [1.165, 1.54) is 0 Å². The van der Waals surface area contributed by atoms with Gasteiger partial charge in [0, 0.05) is 29.9 Å². The Morgan fingerprint density at radius 3 is 2.40 bits per heavy atom. The molecular weight excluding hydrogens is 429 g/mol. The molecule has 30 heavy (non-hydrogen) atoms. The summed E-state index contributed by atoms with van der Waals surface area (Å²) in [7, 11) is 0. The van der Waals surface area contributed by atoms with Crippen LogP contribution in [0, 0.1) is 5.53 Å². The number of aliphatic imine (C=N–C) groups is 1. The number of hydrogen-bond acceptors (Lipinski definition) is 6. The van der Waals surface area contributed by atoms with E-state index in [0.29, 0.717) is 27.7 Å². The molecule has 1 fully saturated rings. The van der Waals surface area contributed by atoms with Crippen molar-refractivity contribution in [1.29, 1.82) is 5.53 Å². The van der Waals surface area contributed by atoms with Crippen molar-refractivity contribution in [3.8, 4) is 11.1 Å². The smallest absolute Gasteiger partial charge is 0.287 e. The van der Waals surface area contributed by atoms with Crippen molar-refractivity contribution in [3.63, 3.8) is 0 Å². The monoisotopic (exact) mass is 447 g/mol. The molecule has 1 aliphatic heterocycles. The largest absolute Gasteiger partial charge is 0.352 e. The van der Waals surface area contributed by atoms with Crippen LogP contribution in [0.2, 0.25) is 10.0 Å². The van der Waals surface area contributed by atoms with Crippen molar-refractivity contribution in [1.82, 2.24) is 0 Å². The second-order valence-electron chi connectivity index (χ2n) is 6.36. The highest BCUT2D eigenvalue weighted by Crippen LogP contribution is 2.38. The third-order valence-electron chi connectivity index (χ3n) is 4.40. The number of nitrogens with two attached hydrogens (primary N) is 2. The summed E-state index contributed by atoms with van der Waals surface area (Å²) < 4.78 is 0. The van der Waals surface area contributed by atoms with E-state index in [1.54, 1.807) is 17.0 Å². The van der Waals surface area contributed by atoms with Gasteiger partial charge in [0.05, 0.1) is 10.0 Å². The summed E-state index contributed by atoms with van der Waals surface area (Å²) in [5, 5.41) is 13.1. The lowest BCUT2D eigenvalue weighted by Crippen LogP contribution is -2.28. The number of guanidine groups is 1. The van der Waals surface area contributed by atoms with Gasteiger partial charge in [-0.3, -0.25) is 10.5 Å².